The average molecular weight is 863 g/mol. The molecule has 0 radical (unpaired) electrons. The van der Waals surface area contributed by atoms with Crippen molar-refractivity contribution in [3.63, 3.8) is 0 Å². The maximum Gasteiger partial charge on any atom is 0.123 e. The molecule has 0 saturated heterocycles. The highest BCUT2D eigenvalue weighted by Crippen LogP contribution is 2.56. The Kier molecular flexibility index (Phi) is 10.2. The van der Waals surface area contributed by atoms with E-state index in [-0.39, 0.29) is 22.5 Å². The Morgan fingerprint density at radius 3 is 1.24 bits per heavy atom. The van der Waals surface area contributed by atoms with Crippen LogP contribution in [0.15, 0.2) is 194 Å². The molecule has 9 aromatic rings. The van der Waals surface area contributed by atoms with Crippen LogP contribution >= 0.6 is 0 Å². The lowest BCUT2D eigenvalue weighted by Crippen LogP contribution is -2.23. The Labute approximate surface area is 387 Å². The largest absolute Gasteiger partial charge is 0.310 e. The van der Waals surface area contributed by atoms with Gasteiger partial charge in [0, 0.05) is 44.7 Å². The fourth-order valence-corrected chi connectivity index (χ4v) is 11.8. The SMILES string of the molecule is CCC1(CC)c2ccccc2-c2ccc(N(c3ccc(F)cc3)c3ccc(-c4cccc5c(N(c6ccc(F)cc6)c6ccc7c(c6)C(CC)(CC)c6ccccc6-7)cccc45)cc3)cc21. The summed E-state index contributed by atoms with van der Waals surface area (Å²) in [7, 11) is 0. The number of halogens is 2. The first kappa shape index (κ1) is 41.4. The fourth-order valence-electron chi connectivity index (χ4n) is 11.8. The van der Waals surface area contributed by atoms with Crippen molar-refractivity contribution in [3.05, 3.63) is 228 Å². The van der Waals surface area contributed by atoms with Crippen LogP contribution in [0.5, 0.6) is 0 Å². The van der Waals surface area contributed by atoms with Crippen LogP contribution < -0.4 is 9.80 Å². The van der Waals surface area contributed by atoms with E-state index in [0.717, 1.165) is 81.7 Å². The summed E-state index contributed by atoms with van der Waals surface area (Å²) in [6.45, 7) is 9.19. The smallest absolute Gasteiger partial charge is 0.123 e. The first-order valence-electron chi connectivity index (χ1n) is 23.5. The normalized spacial score (nSPS) is 13.8. The Morgan fingerprint density at radius 2 is 0.727 bits per heavy atom. The van der Waals surface area contributed by atoms with E-state index in [2.05, 4.69) is 183 Å². The molecule has 0 saturated carbocycles. The van der Waals surface area contributed by atoms with Crippen LogP contribution in [0.1, 0.15) is 75.6 Å². The molecule has 0 spiro atoms. The molecule has 2 aliphatic carbocycles. The van der Waals surface area contributed by atoms with E-state index in [9.17, 15) is 8.78 Å². The van der Waals surface area contributed by atoms with Crippen molar-refractivity contribution in [2.45, 2.75) is 64.2 Å². The number of hydrogen-bond donors (Lipinski definition) is 0. The minimum atomic E-state index is -0.266. The minimum Gasteiger partial charge on any atom is -0.310 e. The third kappa shape index (κ3) is 6.33. The Balaban J connectivity index is 1.01. The number of rotatable bonds is 11. The van der Waals surface area contributed by atoms with Gasteiger partial charge in [-0.15, -0.1) is 0 Å². The van der Waals surface area contributed by atoms with Crippen molar-refractivity contribution in [1.29, 1.82) is 0 Å². The number of anilines is 6. The lowest BCUT2D eigenvalue weighted by Gasteiger charge is -2.32. The molecular formula is C62H52F2N2. The summed E-state index contributed by atoms with van der Waals surface area (Å²) < 4.78 is 29.1. The second-order valence-corrected chi connectivity index (χ2v) is 18.0. The van der Waals surface area contributed by atoms with Crippen LogP contribution in [0.3, 0.4) is 0 Å². The van der Waals surface area contributed by atoms with Crippen molar-refractivity contribution in [1.82, 2.24) is 0 Å². The number of benzene rings is 9. The Hall–Kier alpha value is -7.30. The summed E-state index contributed by atoms with van der Waals surface area (Å²) in [5, 5.41) is 2.20. The molecule has 0 heterocycles. The highest BCUT2D eigenvalue weighted by Gasteiger charge is 2.42. The monoisotopic (exact) mass is 862 g/mol. The van der Waals surface area contributed by atoms with Gasteiger partial charge in [-0.05, 0) is 178 Å². The van der Waals surface area contributed by atoms with E-state index in [1.807, 2.05) is 24.3 Å². The van der Waals surface area contributed by atoms with Crippen LogP contribution in [0, 0.1) is 11.6 Å². The molecule has 4 heteroatoms. The number of fused-ring (bicyclic) bond motifs is 7. The predicted molar refractivity (Wildman–Crippen MR) is 272 cm³/mol. The zero-order valence-electron chi connectivity index (χ0n) is 38.0. The minimum absolute atomic E-state index is 0.0816. The molecule has 0 fully saturated rings. The van der Waals surface area contributed by atoms with Crippen LogP contribution in [-0.2, 0) is 10.8 Å². The zero-order valence-corrected chi connectivity index (χ0v) is 38.0. The van der Waals surface area contributed by atoms with Gasteiger partial charge in [0.05, 0.1) is 5.69 Å². The molecule has 9 aromatic carbocycles. The molecule has 0 N–H and O–H groups in total. The quantitative estimate of drug-likeness (QED) is 0.128. The van der Waals surface area contributed by atoms with E-state index in [0.29, 0.717) is 0 Å². The number of nitrogens with zero attached hydrogens (tertiary/aromatic N) is 2. The van der Waals surface area contributed by atoms with Crippen molar-refractivity contribution in [2.75, 3.05) is 9.80 Å². The van der Waals surface area contributed by atoms with Gasteiger partial charge in [0.25, 0.3) is 0 Å². The molecule has 0 atom stereocenters. The van der Waals surface area contributed by atoms with Crippen LogP contribution in [0.2, 0.25) is 0 Å². The maximum absolute atomic E-state index is 14.6. The molecule has 0 bridgehead atoms. The Bertz CT molecular complexity index is 3270. The van der Waals surface area contributed by atoms with E-state index < -0.39 is 0 Å². The summed E-state index contributed by atoms with van der Waals surface area (Å²) in [6, 6.07) is 66.9. The summed E-state index contributed by atoms with van der Waals surface area (Å²) in [6.07, 6.45) is 3.98. The van der Waals surface area contributed by atoms with E-state index >= 15 is 0 Å². The van der Waals surface area contributed by atoms with Gasteiger partial charge in [-0.1, -0.05) is 131 Å². The van der Waals surface area contributed by atoms with Gasteiger partial charge in [-0.2, -0.15) is 0 Å². The van der Waals surface area contributed by atoms with Crippen LogP contribution in [0.25, 0.3) is 44.2 Å². The topological polar surface area (TPSA) is 6.48 Å². The maximum atomic E-state index is 14.6. The highest BCUT2D eigenvalue weighted by atomic mass is 19.1. The van der Waals surface area contributed by atoms with Gasteiger partial charge in [0.2, 0.25) is 0 Å². The van der Waals surface area contributed by atoms with Crippen molar-refractivity contribution in [2.24, 2.45) is 0 Å². The third-order valence-corrected chi connectivity index (χ3v) is 15.2. The van der Waals surface area contributed by atoms with Crippen molar-refractivity contribution in [3.8, 4) is 33.4 Å². The van der Waals surface area contributed by atoms with Gasteiger partial charge >= 0.3 is 0 Å². The van der Waals surface area contributed by atoms with Crippen molar-refractivity contribution < 1.29 is 8.78 Å². The number of hydrogen-bond acceptors (Lipinski definition) is 2. The van der Waals surface area contributed by atoms with E-state index in [1.54, 1.807) is 12.1 Å². The molecular weight excluding hydrogens is 811 g/mol. The molecule has 66 heavy (non-hydrogen) atoms. The van der Waals surface area contributed by atoms with Gasteiger partial charge in [-0.3, -0.25) is 0 Å². The second-order valence-electron chi connectivity index (χ2n) is 18.0. The molecule has 0 aromatic heterocycles. The summed E-state index contributed by atoms with van der Waals surface area (Å²) in [5.41, 5.74) is 18.5. The Morgan fingerprint density at radius 1 is 0.333 bits per heavy atom. The first-order chi connectivity index (χ1) is 32.3. The van der Waals surface area contributed by atoms with Gasteiger partial charge in [0.1, 0.15) is 11.6 Å². The van der Waals surface area contributed by atoms with E-state index in [1.165, 1.54) is 56.6 Å². The van der Waals surface area contributed by atoms with E-state index in [4.69, 9.17) is 0 Å². The molecule has 0 aliphatic heterocycles. The third-order valence-electron chi connectivity index (χ3n) is 15.2. The lowest BCUT2D eigenvalue weighted by molar-refractivity contribution is 0.490. The van der Waals surface area contributed by atoms with Crippen molar-refractivity contribution >= 4 is 44.9 Å². The first-order valence-corrected chi connectivity index (χ1v) is 23.5. The standard InChI is InChI=1S/C62H52F2N2/c1-5-61(6-2)56-20-11-9-15-51(56)53-37-35-47(39-58(53)61)65(45-31-25-42(63)26-32-45)44-29-23-41(24-30-44)49-17-13-19-55-50(49)18-14-22-60(55)66(46-33-27-43(64)28-34-46)48-36-38-54-52-16-10-12-21-57(52)62(7-3,8-4)59(54)40-48/h9-40H,5-8H2,1-4H3. The van der Waals surface area contributed by atoms with Gasteiger partial charge in [-0.25, -0.2) is 8.78 Å². The highest BCUT2D eigenvalue weighted by molar-refractivity contribution is 6.06. The summed E-state index contributed by atoms with van der Waals surface area (Å²) in [4.78, 5) is 4.53. The summed E-state index contributed by atoms with van der Waals surface area (Å²) >= 11 is 0. The molecule has 2 aliphatic rings. The molecule has 0 unspecified atom stereocenters. The molecule has 0 amide bonds. The van der Waals surface area contributed by atoms with Gasteiger partial charge in [0.15, 0.2) is 0 Å². The molecule has 324 valence electrons. The molecule has 11 rings (SSSR count). The van der Waals surface area contributed by atoms with Crippen LogP contribution in [0.4, 0.5) is 42.9 Å². The van der Waals surface area contributed by atoms with Gasteiger partial charge < -0.3 is 9.80 Å². The average Bonchev–Trinajstić information content (AvgIpc) is 3.81. The second kappa shape index (κ2) is 16.3. The fraction of sp³-hybridized carbons (Fsp3) is 0.161. The van der Waals surface area contributed by atoms with Crippen LogP contribution in [-0.4, -0.2) is 0 Å². The predicted octanol–water partition coefficient (Wildman–Crippen LogP) is 17.9. The summed E-state index contributed by atoms with van der Waals surface area (Å²) in [5.74, 6) is -0.531. The molecule has 2 nitrogen and oxygen atoms in total. The zero-order chi connectivity index (χ0) is 45.2. The lowest BCUT2D eigenvalue weighted by atomic mass is 9.74.